The van der Waals surface area contributed by atoms with Crippen molar-refractivity contribution in [3.8, 4) is 22.5 Å². The van der Waals surface area contributed by atoms with Crippen molar-refractivity contribution >= 4 is 29.6 Å². The van der Waals surface area contributed by atoms with Crippen molar-refractivity contribution in [1.29, 1.82) is 0 Å². The SMILES string of the molecule is CC(C)c1nc(-c2ccc(F)cc2)c(-c2cccc(NCC(=O)OC(C)(C)C)c2)n1/C=C/C(O)CC(=O)CC(=O)O. The van der Waals surface area contributed by atoms with E-state index >= 15 is 0 Å². The summed E-state index contributed by atoms with van der Waals surface area (Å²) in [6.45, 7) is 9.25. The third-order valence-electron chi connectivity index (χ3n) is 5.81. The molecule has 0 saturated carbocycles. The molecule has 0 fully saturated rings. The average molecular weight is 566 g/mol. The Morgan fingerprint density at radius 2 is 1.78 bits per heavy atom. The van der Waals surface area contributed by atoms with Crippen molar-refractivity contribution in [2.24, 2.45) is 0 Å². The second-order valence-corrected chi connectivity index (χ2v) is 10.9. The number of hydrogen-bond acceptors (Lipinski definition) is 7. The maximum atomic E-state index is 13.8. The Balaban J connectivity index is 2.06. The molecule has 0 aliphatic carbocycles. The predicted molar refractivity (Wildman–Crippen MR) is 155 cm³/mol. The van der Waals surface area contributed by atoms with Crippen LogP contribution in [0.4, 0.5) is 10.1 Å². The van der Waals surface area contributed by atoms with Crippen LogP contribution in [0.15, 0.2) is 54.6 Å². The zero-order valence-electron chi connectivity index (χ0n) is 23.8. The largest absolute Gasteiger partial charge is 0.481 e. The number of Topliss-reactive ketones (excluding diaryl/α,β-unsaturated/α-hetero) is 1. The molecule has 2 aromatic carbocycles. The number of nitrogens with zero attached hydrogens (tertiary/aromatic N) is 2. The van der Waals surface area contributed by atoms with Gasteiger partial charge in [0.25, 0.3) is 0 Å². The van der Waals surface area contributed by atoms with E-state index in [0.717, 1.165) is 5.56 Å². The molecule has 1 aromatic heterocycles. The van der Waals surface area contributed by atoms with Crippen LogP contribution in [0.5, 0.6) is 0 Å². The number of halogens is 1. The van der Waals surface area contributed by atoms with Gasteiger partial charge in [0.2, 0.25) is 0 Å². The van der Waals surface area contributed by atoms with E-state index < -0.39 is 35.8 Å². The Kier molecular flexibility index (Phi) is 10.2. The first kappa shape index (κ1) is 31.2. The Bertz CT molecular complexity index is 1420. The highest BCUT2D eigenvalue weighted by molar-refractivity contribution is 5.95. The molecule has 10 heteroatoms. The molecular formula is C31H36FN3O6. The van der Waals surface area contributed by atoms with Gasteiger partial charge in [0, 0.05) is 35.4 Å². The molecule has 0 aliphatic heterocycles. The topological polar surface area (TPSA) is 131 Å². The molecule has 3 N–H and O–H groups in total. The number of hydrogen-bond donors (Lipinski definition) is 3. The van der Waals surface area contributed by atoms with Crippen molar-refractivity contribution in [3.63, 3.8) is 0 Å². The maximum Gasteiger partial charge on any atom is 0.325 e. The summed E-state index contributed by atoms with van der Waals surface area (Å²) < 4.78 is 20.9. The van der Waals surface area contributed by atoms with E-state index in [2.05, 4.69) is 5.32 Å². The molecule has 0 bridgehead atoms. The molecule has 0 radical (unpaired) electrons. The number of ether oxygens (including phenoxy) is 1. The van der Waals surface area contributed by atoms with Crippen LogP contribution in [0.2, 0.25) is 0 Å². The maximum absolute atomic E-state index is 13.8. The van der Waals surface area contributed by atoms with Crippen LogP contribution in [0.1, 0.15) is 59.2 Å². The monoisotopic (exact) mass is 565 g/mol. The van der Waals surface area contributed by atoms with Gasteiger partial charge in [-0.2, -0.15) is 0 Å². The predicted octanol–water partition coefficient (Wildman–Crippen LogP) is 5.50. The molecule has 1 unspecified atom stereocenters. The lowest BCUT2D eigenvalue weighted by Gasteiger charge is -2.20. The van der Waals surface area contributed by atoms with Gasteiger partial charge in [-0.25, -0.2) is 9.37 Å². The third kappa shape index (κ3) is 9.11. The van der Waals surface area contributed by atoms with E-state index in [4.69, 9.17) is 14.8 Å². The second kappa shape index (κ2) is 13.4. The van der Waals surface area contributed by atoms with E-state index in [1.54, 1.807) is 43.7 Å². The van der Waals surface area contributed by atoms with Gasteiger partial charge in [0.15, 0.2) is 0 Å². The molecular weight excluding hydrogens is 529 g/mol. The van der Waals surface area contributed by atoms with Crippen LogP contribution in [-0.4, -0.2) is 55.7 Å². The molecule has 0 aliphatic rings. The smallest absolute Gasteiger partial charge is 0.325 e. The summed E-state index contributed by atoms with van der Waals surface area (Å²) in [5, 5.41) is 22.4. The number of anilines is 1. The number of benzene rings is 2. The van der Waals surface area contributed by atoms with Gasteiger partial charge in [0.1, 0.15) is 36.0 Å². The van der Waals surface area contributed by atoms with Gasteiger partial charge in [-0.05, 0) is 63.2 Å². The highest BCUT2D eigenvalue weighted by atomic mass is 19.1. The molecule has 218 valence electrons. The fourth-order valence-corrected chi connectivity index (χ4v) is 4.15. The summed E-state index contributed by atoms with van der Waals surface area (Å²) >= 11 is 0. The summed E-state index contributed by atoms with van der Waals surface area (Å²) in [5.41, 5.74) is 2.64. The van der Waals surface area contributed by atoms with Crippen molar-refractivity contribution in [2.75, 3.05) is 11.9 Å². The first-order chi connectivity index (χ1) is 19.2. The van der Waals surface area contributed by atoms with Crippen molar-refractivity contribution in [1.82, 2.24) is 9.55 Å². The molecule has 3 rings (SSSR count). The fraction of sp³-hybridized carbons (Fsp3) is 0.355. The van der Waals surface area contributed by atoms with Crippen molar-refractivity contribution < 1.29 is 33.7 Å². The average Bonchev–Trinajstić information content (AvgIpc) is 3.25. The first-order valence-corrected chi connectivity index (χ1v) is 13.3. The number of nitrogens with one attached hydrogen (secondary N) is 1. The summed E-state index contributed by atoms with van der Waals surface area (Å²) in [5.74, 6) is -2.06. The number of aliphatic hydroxyl groups excluding tert-OH is 1. The zero-order chi connectivity index (χ0) is 30.3. The lowest BCUT2D eigenvalue weighted by Crippen LogP contribution is -2.28. The number of aliphatic carboxylic acids is 1. The normalized spacial score (nSPS) is 12.5. The van der Waals surface area contributed by atoms with Gasteiger partial charge >= 0.3 is 11.9 Å². The molecule has 9 nitrogen and oxygen atoms in total. The highest BCUT2D eigenvalue weighted by Gasteiger charge is 2.22. The molecule has 0 spiro atoms. The number of rotatable bonds is 12. The summed E-state index contributed by atoms with van der Waals surface area (Å²) in [6.07, 6.45) is 0.780. The Hall–Kier alpha value is -4.31. The molecule has 1 atom stereocenters. The van der Waals surface area contributed by atoms with Gasteiger partial charge in [-0.15, -0.1) is 0 Å². The summed E-state index contributed by atoms with van der Waals surface area (Å²) in [6, 6.07) is 13.3. The number of ketones is 1. The Morgan fingerprint density at radius 3 is 2.39 bits per heavy atom. The number of esters is 1. The molecule has 41 heavy (non-hydrogen) atoms. The molecule has 0 saturated heterocycles. The molecule has 3 aromatic rings. The second-order valence-electron chi connectivity index (χ2n) is 10.9. The summed E-state index contributed by atoms with van der Waals surface area (Å²) in [4.78, 5) is 39.9. The van der Waals surface area contributed by atoms with Gasteiger partial charge < -0.3 is 24.8 Å². The quantitative estimate of drug-likeness (QED) is 0.194. The van der Waals surface area contributed by atoms with Gasteiger partial charge in [-0.1, -0.05) is 26.0 Å². The van der Waals surface area contributed by atoms with Gasteiger partial charge in [0.05, 0.1) is 17.5 Å². The number of carboxylic acid groups (broad SMARTS) is 1. The minimum Gasteiger partial charge on any atom is -0.481 e. The molecule has 0 amide bonds. The van der Waals surface area contributed by atoms with E-state index in [1.807, 2.05) is 38.1 Å². The zero-order valence-corrected chi connectivity index (χ0v) is 23.8. The third-order valence-corrected chi connectivity index (χ3v) is 5.81. The van der Waals surface area contributed by atoms with Crippen LogP contribution >= 0.6 is 0 Å². The van der Waals surface area contributed by atoms with E-state index in [-0.39, 0.29) is 24.7 Å². The number of imidazole rings is 1. The van der Waals surface area contributed by atoms with Crippen LogP contribution in [0.3, 0.4) is 0 Å². The fourth-order valence-electron chi connectivity index (χ4n) is 4.15. The van der Waals surface area contributed by atoms with Crippen LogP contribution in [-0.2, 0) is 19.1 Å². The Morgan fingerprint density at radius 1 is 1.10 bits per heavy atom. The Labute approximate surface area is 238 Å². The molecule has 1 heterocycles. The van der Waals surface area contributed by atoms with Crippen LogP contribution in [0, 0.1) is 5.82 Å². The van der Waals surface area contributed by atoms with Crippen LogP contribution in [0.25, 0.3) is 28.7 Å². The van der Waals surface area contributed by atoms with E-state index in [0.29, 0.717) is 28.5 Å². The summed E-state index contributed by atoms with van der Waals surface area (Å²) in [7, 11) is 0. The lowest BCUT2D eigenvalue weighted by atomic mass is 10.0. The lowest BCUT2D eigenvalue weighted by molar-refractivity contribution is -0.152. The highest BCUT2D eigenvalue weighted by Crippen LogP contribution is 2.36. The minimum absolute atomic E-state index is 0.0431. The number of aliphatic hydroxyl groups is 1. The standard InChI is InChI=1S/C31H36FN3O6/c1-19(2)30-34-28(20-9-11-22(32)12-10-20)29(35(30)14-13-24(36)16-25(37)17-26(38)39)21-7-6-8-23(15-21)33-18-27(40)41-31(3,4)5/h6-15,19,24,33,36H,16-18H2,1-5H3,(H,38,39)/b14-13+. The van der Waals surface area contributed by atoms with Crippen molar-refractivity contribution in [3.05, 3.63) is 66.2 Å². The minimum atomic E-state index is -1.26. The number of carboxylic acids is 1. The van der Waals surface area contributed by atoms with E-state index in [1.165, 1.54) is 18.2 Å². The van der Waals surface area contributed by atoms with E-state index in [9.17, 15) is 23.9 Å². The van der Waals surface area contributed by atoms with Crippen LogP contribution < -0.4 is 5.32 Å². The number of carbonyl (C=O) groups is 3. The number of aromatic nitrogens is 2. The first-order valence-electron chi connectivity index (χ1n) is 13.3. The van der Waals surface area contributed by atoms with Gasteiger partial charge in [-0.3, -0.25) is 14.4 Å². The van der Waals surface area contributed by atoms with Crippen molar-refractivity contribution in [2.45, 2.75) is 65.1 Å². The number of carbonyl (C=O) groups excluding carboxylic acids is 2.